The van der Waals surface area contributed by atoms with E-state index in [4.69, 9.17) is 4.42 Å². The van der Waals surface area contributed by atoms with E-state index >= 15 is 0 Å². The van der Waals surface area contributed by atoms with Gasteiger partial charge in [0.05, 0.1) is 22.7 Å². The van der Waals surface area contributed by atoms with Crippen LogP contribution in [0.25, 0.3) is 11.0 Å². The molecule has 0 aliphatic carbocycles. The highest BCUT2D eigenvalue weighted by Gasteiger charge is 2.65. The molecule has 2 aliphatic rings. The summed E-state index contributed by atoms with van der Waals surface area (Å²) < 4.78 is 6.13. The van der Waals surface area contributed by atoms with Crippen molar-refractivity contribution < 1.29 is 14.0 Å². The van der Waals surface area contributed by atoms with Gasteiger partial charge in [0.2, 0.25) is 5.76 Å². The number of hydrogen-bond acceptors (Lipinski definition) is 4. The smallest absolute Gasteiger partial charge is 0.292 e. The van der Waals surface area contributed by atoms with E-state index in [9.17, 15) is 14.4 Å². The molecule has 3 heterocycles. The number of amides is 2. The van der Waals surface area contributed by atoms with E-state index in [1.165, 1.54) is 0 Å². The summed E-state index contributed by atoms with van der Waals surface area (Å²) in [5.41, 5.74) is 1.58. The fraction of sp³-hybridized carbons (Fsp3) is 0.207. The Morgan fingerprint density at radius 3 is 2.40 bits per heavy atom. The zero-order valence-corrected chi connectivity index (χ0v) is 19.7. The zero-order valence-electron chi connectivity index (χ0n) is 19.7. The molecule has 0 radical (unpaired) electrons. The van der Waals surface area contributed by atoms with Crippen molar-refractivity contribution in [1.82, 2.24) is 4.90 Å². The minimum atomic E-state index is -1.60. The van der Waals surface area contributed by atoms with Crippen molar-refractivity contribution in [3.05, 3.63) is 111 Å². The molecule has 6 nitrogen and oxygen atoms in total. The van der Waals surface area contributed by atoms with Crippen molar-refractivity contribution in [2.24, 2.45) is 0 Å². The van der Waals surface area contributed by atoms with Crippen LogP contribution in [0.4, 0.5) is 5.69 Å². The van der Waals surface area contributed by atoms with Gasteiger partial charge in [0.15, 0.2) is 11.0 Å². The summed E-state index contributed by atoms with van der Waals surface area (Å²) in [6, 6.07) is 21.8. The number of fused-ring (bicyclic) bond motifs is 5. The van der Waals surface area contributed by atoms with Gasteiger partial charge in [0, 0.05) is 12.1 Å². The zero-order chi connectivity index (χ0) is 24.5. The lowest BCUT2D eigenvalue weighted by molar-refractivity contribution is -0.127. The van der Waals surface area contributed by atoms with Crippen molar-refractivity contribution in [3.8, 4) is 0 Å². The lowest BCUT2D eigenvalue weighted by Gasteiger charge is -2.38. The second-order valence-corrected chi connectivity index (χ2v) is 9.17. The standard InChI is InChI=1S/C29H24N2O4/c1-4-30-22-13-9-8-12-21(22)29(28(30)34)24-25(32)20-16-17(2)14-15-23(20)35-26(24)27(33)31(29)18(3)19-10-6-5-7-11-19/h5-16,18H,4H2,1-3H3. The number of likely N-dealkylation sites (N-methyl/N-ethyl adjacent to an activating group) is 1. The largest absolute Gasteiger partial charge is 0.450 e. The van der Waals surface area contributed by atoms with Crippen molar-refractivity contribution in [2.75, 3.05) is 11.4 Å². The third-order valence-corrected chi connectivity index (χ3v) is 7.31. The van der Waals surface area contributed by atoms with Crippen molar-refractivity contribution >= 4 is 28.5 Å². The van der Waals surface area contributed by atoms with Crippen LogP contribution in [0.1, 0.15) is 52.7 Å². The average molecular weight is 465 g/mol. The quantitative estimate of drug-likeness (QED) is 0.431. The molecule has 35 heavy (non-hydrogen) atoms. The first-order chi connectivity index (χ1) is 16.9. The minimum absolute atomic E-state index is 0.0600. The Labute approximate surface area is 202 Å². The Hall–Kier alpha value is -4.19. The van der Waals surface area contributed by atoms with E-state index in [1.807, 2.05) is 81.4 Å². The predicted octanol–water partition coefficient (Wildman–Crippen LogP) is 4.93. The molecule has 6 heteroatoms. The van der Waals surface area contributed by atoms with Gasteiger partial charge in [-0.3, -0.25) is 14.4 Å². The van der Waals surface area contributed by atoms with Crippen LogP contribution in [0, 0.1) is 6.92 Å². The van der Waals surface area contributed by atoms with Crippen LogP contribution in [0.3, 0.4) is 0 Å². The molecule has 1 aromatic heterocycles. The first-order valence-electron chi connectivity index (χ1n) is 11.8. The maximum absolute atomic E-state index is 14.4. The van der Waals surface area contributed by atoms with Crippen LogP contribution >= 0.6 is 0 Å². The summed E-state index contributed by atoms with van der Waals surface area (Å²) in [5.74, 6) is -0.831. The van der Waals surface area contributed by atoms with Gasteiger partial charge >= 0.3 is 0 Å². The number of nitrogens with zero attached hydrogens (tertiary/aromatic N) is 2. The van der Waals surface area contributed by atoms with Crippen molar-refractivity contribution in [2.45, 2.75) is 32.4 Å². The monoisotopic (exact) mass is 464 g/mol. The van der Waals surface area contributed by atoms with E-state index < -0.39 is 17.5 Å². The number of anilines is 1. The van der Waals surface area contributed by atoms with Crippen LogP contribution in [0.5, 0.6) is 0 Å². The normalized spacial score (nSPS) is 19.5. The minimum Gasteiger partial charge on any atom is -0.450 e. The Morgan fingerprint density at radius 1 is 0.943 bits per heavy atom. The van der Waals surface area contributed by atoms with Gasteiger partial charge in [-0.2, -0.15) is 0 Å². The summed E-state index contributed by atoms with van der Waals surface area (Å²) in [7, 11) is 0. The van der Waals surface area contributed by atoms with Gasteiger partial charge in [-0.1, -0.05) is 60.2 Å². The van der Waals surface area contributed by atoms with Gasteiger partial charge in [-0.05, 0) is 44.5 Å². The summed E-state index contributed by atoms with van der Waals surface area (Å²) in [6.45, 7) is 6.08. The van der Waals surface area contributed by atoms with Crippen LogP contribution in [-0.4, -0.2) is 23.3 Å². The molecule has 174 valence electrons. The van der Waals surface area contributed by atoms with Crippen molar-refractivity contribution in [3.63, 3.8) is 0 Å². The lowest BCUT2D eigenvalue weighted by atomic mass is 9.82. The number of rotatable bonds is 3. The highest BCUT2D eigenvalue weighted by atomic mass is 16.3. The molecule has 2 amide bonds. The number of hydrogen-bond donors (Lipinski definition) is 0. The van der Waals surface area contributed by atoms with Gasteiger partial charge in [0.25, 0.3) is 11.8 Å². The Kier molecular flexibility index (Phi) is 4.52. The summed E-state index contributed by atoms with van der Waals surface area (Å²) >= 11 is 0. The average Bonchev–Trinajstić information content (AvgIpc) is 3.28. The van der Waals surface area contributed by atoms with Gasteiger partial charge in [-0.15, -0.1) is 0 Å². The molecular weight excluding hydrogens is 440 g/mol. The molecular formula is C29H24N2O4. The molecule has 0 saturated carbocycles. The molecule has 2 atom stereocenters. The molecule has 2 aliphatic heterocycles. The molecule has 1 spiro atoms. The first-order valence-corrected chi connectivity index (χ1v) is 11.8. The molecule has 0 saturated heterocycles. The number of carbonyl (C=O) groups is 2. The lowest BCUT2D eigenvalue weighted by Crippen LogP contribution is -2.54. The maximum Gasteiger partial charge on any atom is 0.292 e. The van der Waals surface area contributed by atoms with Crippen molar-refractivity contribution in [1.29, 1.82) is 0 Å². The highest BCUT2D eigenvalue weighted by molar-refractivity contribution is 6.17. The molecule has 4 aromatic rings. The van der Waals surface area contributed by atoms with Gasteiger partial charge < -0.3 is 14.2 Å². The molecule has 0 fully saturated rings. The van der Waals surface area contributed by atoms with E-state index in [2.05, 4.69) is 0 Å². The summed E-state index contributed by atoms with van der Waals surface area (Å²) in [4.78, 5) is 45.8. The third kappa shape index (κ3) is 2.62. The van der Waals surface area contributed by atoms with Gasteiger partial charge in [0.1, 0.15) is 5.58 Å². The van der Waals surface area contributed by atoms with Crippen LogP contribution in [0.15, 0.2) is 82.0 Å². The fourth-order valence-electron chi connectivity index (χ4n) is 5.74. The van der Waals surface area contributed by atoms with Crippen LogP contribution in [0.2, 0.25) is 0 Å². The molecule has 0 bridgehead atoms. The Morgan fingerprint density at radius 2 is 1.66 bits per heavy atom. The first kappa shape index (κ1) is 21.4. The highest BCUT2D eigenvalue weighted by Crippen LogP contribution is 2.55. The third-order valence-electron chi connectivity index (χ3n) is 7.31. The second-order valence-electron chi connectivity index (χ2n) is 9.17. The molecule has 3 aromatic carbocycles. The summed E-state index contributed by atoms with van der Waals surface area (Å²) in [5, 5.41) is 0.366. The number of aryl methyl sites for hydroxylation is 1. The van der Waals surface area contributed by atoms with E-state index in [0.717, 1.165) is 11.1 Å². The van der Waals surface area contributed by atoms with Gasteiger partial charge in [-0.25, -0.2) is 0 Å². The number of benzene rings is 3. The van der Waals surface area contributed by atoms with E-state index in [-0.39, 0.29) is 22.7 Å². The van der Waals surface area contributed by atoms with Crippen LogP contribution in [-0.2, 0) is 10.3 Å². The molecule has 0 N–H and O–H groups in total. The molecule has 2 unspecified atom stereocenters. The van der Waals surface area contributed by atoms with E-state index in [0.29, 0.717) is 28.8 Å². The Balaban J connectivity index is 1.76. The van der Waals surface area contributed by atoms with Crippen LogP contribution < -0.4 is 10.3 Å². The predicted molar refractivity (Wildman–Crippen MR) is 133 cm³/mol. The molecule has 6 rings (SSSR count). The summed E-state index contributed by atoms with van der Waals surface area (Å²) in [6.07, 6.45) is 0. The second kappa shape index (κ2) is 7.40. The van der Waals surface area contributed by atoms with E-state index in [1.54, 1.807) is 21.9 Å². The number of para-hydroxylation sites is 1. The maximum atomic E-state index is 14.4. The fourth-order valence-corrected chi connectivity index (χ4v) is 5.74. The Bertz CT molecular complexity index is 1590. The number of carbonyl (C=O) groups excluding carboxylic acids is 2. The SMILES string of the molecule is CCN1C(=O)C2(c3ccccc31)c1c(oc3ccc(C)cc3c1=O)C(=O)N2C(C)c1ccccc1. The topological polar surface area (TPSA) is 70.8 Å².